The average Bonchev–Trinajstić information content (AvgIpc) is 2.17. The number of nitrogens with two attached hydrogens (primary N) is 1. The molecular formula is C8H10N2O4S. The van der Waals surface area contributed by atoms with E-state index in [1.807, 2.05) is 0 Å². The molecule has 0 aliphatic carbocycles. The van der Waals surface area contributed by atoms with Crippen LogP contribution in [-0.2, 0) is 14.8 Å². The van der Waals surface area contributed by atoms with E-state index in [1.165, 1.54) is 24.3 Å². The Balaban J connectivity index is 2.96. The molecule has 15 heavy (non-hydrogen) atoms. The zero-order valence-electron chi connectivity index (χ0n) is 7.67. The van der Waals surface area contributed by atoms with E-state index in [0.717, 1.165) is 0 Å². The van der Waals surface area contributed by atoms with Gasteiger partial charge in [-0.15, -0.1) is 0 Å². The number of benzene rings is 1. The van der Waals surface area contributed by atoms with Crippen LogP contribution < -0.4 is 10.5 Å². The van der Waals surface area contributed by atoms with E-state index in [0.29, 0.717) is 5.69 Å². The van der Waals surface area contributed by atoms with Crippen LogP contribution in [0.1, 0.15) is 0 Å². The highest BCUT2D eigenvalue weighted by Crippen LogP contribution is 2.10. The standard InChI is InChI=1S/C8H10N2O4S/c9-6-1-3-7(4-2-6)15(13,14)10-8(12)5-11/h1-4,11H,5,9H2,(H,10,12). The molecule has 0 spiro atoms. The minimum absolute atomic E-state index is 0.0847. The predicted molar refractivity (Wildman–Crippen MR) is 53.3 cm³/mol. The third-order valence-electron chi connectivity index (χ3n) is 1.58. The van der Waals surface area contributed by atoms with Crippen molar-refractivity contribution < 1.29 is 18.3 Å². The molecule has 1 rings (SSSR count). The van der Waals surface area contributed by atoms with Crippen molar-refractivity contribution in [3.63, 3.8) is 0 Å². The molecule has 0 saturated carbocycles. The quantitative estimate of drug-likeness (QED) is 0.581. The van der Waals surface area contributed by atoms with Crippen LogP contribution in [0.4, 0.5) is 5.69 Å². The van der Waals surface area contributed by atoms with E-state index < -0.39 is 22.5 Å². The van der Waals surface area contributed by atoms with Crippen LogP contribution in [0.5, 0.6) is 0 Å². The zero-order valence-corrected chi connectivity index (χ0v) is 8.49. The maximum atomic E-state index is 11.4. The fraction of sp³-hybridized carbons (Fsp3) is 0.125. The van der Waals surface area contributed by atoms with Crippen molar-refractivity contribution >= 4 is 21.6 Å². The van der Waals surface area contributed by atoms with Crippen LogP contribution in [0.25, 0.3) is 0 Å². The highest BCUT2D eigenvalue weighted by molar-refractivity contribution is 7.90. The summed E-state index contributed by atoms with van der Waals surface area (Å²) >= 11 is 0. The first-order chi connectivity index (χ1) is 6.95. The second kappa shape index (κ2) is 4.28. The van der Waals surface area contributed by atoms with Crippen LogP contribution in [0.15, 0.2) is 29.2 Å². The largest absolute Gasteiger partial charge is 0.399 e. The van der Waals surface area contributed by atoms with Gasteiger partial charge >= 0.3 is 0 Å². The molecule has 1 amide bonds. The first-order valence-corrected chi connectivity index (χ1v) is 5.46. The normalized spacial score (nSPS) is 11.0. The number of amides is 1. The lowest BCUT2D eigenvalue weighted by Gasteiger charge is -2.05. The first-order valence-electron chi connectivity index (χ1n) is 3.98. The zero-order chi connectivity index (χ0) is 11.5. The molecule has 0 unspecified atom stereocenters. The third-order valence-corrected chi connectivity index (χ3v) is 2.97. The van der Waals surface area contributed by atoms with Gasteiger partial charge in [0, 0.05) is 5.69 Å². The van der Waals surface area contributed by atoms with Gasteiger partial charge in [-0.05, 0) is 24.3 Å². The van der Waals surface area contributed by atoms with Gasteiger partial charge in [0.25, 0.3) is 15.9 Å². The summed E-state index contributed by atoms with van der Waals surface area (Å²) in [5, 5.41) is 8.39. The minimum atomic E-state index is -3.90. The van der Waals surface area contributed by atoms with Gasteiger partial charge in [-0.25, -0.2) is 13.1 Å². The van der Waals surface area contributed by atoms with Crippen molar-refractivity contribution in [1.82, 2.24) is 4.72 Å². The first kappa shape index (κ1) is 11.5. The summed E-state index contributed by atoms with van der Waals surface area (Å²) in [4.78, 5) is 10.6. The number of sulfonamides is 1. The molecule has 0 aliphatic heterocycles. The van der Waals surface area contributed by atoms with Gasteiger partial charge in [0.1, 0.15) is 6.61 Å². The lowest BCUT2D eigenvalue weighted by molar-refractivity contribution is -0.122. The van der Waals surface area contributed by atoms with E-state index in [2.05, 4.69) is 0 Å². The summed E-state index contributed by atoms with van der Waals surface area (Å²) < 4.78 is 24.5. The van der Waals surface area contributed by atoms with Gasteiger partial charge in [0.15, 0.2) is 0 Å². The number of carbonyl (C=O) groups excluding carboxylic acids is 1. The smallest absolute Gasteiger partial charge is 0.264 e. The molecule has 0 radical (unpaired) electrons. The van der Waals surface area contributed by atoms with E-state index in [-0.39, 0.29) is 4.90 Å². The fourth-order valence-corrected chi connectivity index (χ4v) is 1.86. The van der Waals surface area contributed by atoms with Crippen LogP contribution in [0, 0.1) is 0 Å². The third kappa shape index (κ3) is 2.93. The summed E-state index contributed by atoms with van der Waals surface area (Å²) in [6.45, 7) is -0.881. The van der Waals surface area contributed by atoms with Gasteiger partial charge in [0.05, 0.1) is 4.90 Å². The van der Waals surface area contributed by atoms with Crippen LogP contribution in [-0.4, -0.2) is 26.0 Å². The molecule has 0 heterocycles. The van der Waals surface area contributed by atoms with Crippen molar-refractivity contribution in [1.29, 1.82) is 0 Å². The molecule has 0 fully saturated rings. The van der Waals surface area contributed by atoms with Crippen LogP contribution in [0.2, 0.25) is 0 Å². The van der Waals surface area contributed by atoms with Crippen molar-refractivity contribution in [3.8, 4) is 0 Å². The SMILES string of the molecule is Nc1ccc(S(=O)(=O)NC(=O)CO)cc1. The molecule has 0 saturated heterocycles. The highest BCUT2D eigenvalue weighted by atomic mass is 32.2. The summed E-state index contributed by atoms with van der Waals surface area (Å²) in [6, 6.07) is 5.33. The summed E-state index contributed by atoms with van der Waals surface area (Å²) in [5.74, 6) is -0.980. The van der Waals surface area contributed by atoms with E-state index in [9.17, 15) is 13.2 Å². The molecule has 7 heteroatoms. The fourth-order valence-electron chi connectivity index (χ4n) is 0.888. The number of aliphatic hydroxyl groups is 1. The molecule has 1 aromatic rings. The van der Waals surface area contributed by atoms with E-state index in [4.69, 9.17) is 10.8 Å². The number of rotatable bonds is 3. The number of hydrogen-bond acceptors (Lipinski definition) is 5. The van der Waals surface area contributed by atoms with Crippen molar-refractivity contribution in [2.45, 2.75) is 4.90 Å². The molecular weight excluding hydrogens is 220 g/mol. The van der Waals surface area contributed by atoms with Crippen LogP contribution >= 0.6 is 0 Å². The number of carbonyl (C=O) groups is 1. The molecule has 0 aliphatic rings. The molecule has 0 aromatic heterocycles. The molecule has 0 bridgehead atoms. The Hall–Kier alpha value is -1.60. The second-order valence-electron chi connectivity index (χ2n) is 2.76. The Labute approximate surface area is 86.8 Å². The summed E-state index contributed by atoms with van der Waals surface area (Å²) in [6.07, 6.45) is 0. The Morgan fingerprint density at radius 2 is 1.87 bits per heavy atom. The second-order valence-corrected chi connectivity index (χ2v) is 4.44. The summed E-state index contributed by atoms with van der Waals surface area (Å²) in [5.41, 5.74) is 5.79. The maximum absolute atomic E-state index is 11.4. The van der Waals surface area contributed by atoms with Crippen molar-refractivity contribution in [2.24, 2.45) is 0 Å². The van der Waals surface area contributed by atoms with Crippen molar-refractivity contribution in [3.05, 3.63) is 24.3 Å². The monoisotopic (exact) mass is 230 g/mol. The number of anilines is 1. The van der Waals surface area contributed by atoms with Gasteiger partial charge in [-0.1, -0.05) is 0 Å². The van der Waals surface area contributed by atoms with Crippen LogP contribution in [0.3, 0.4) is 0 Å². The Morgan fingerprint density at radius 1 is 1.33 bits per heavy atom. The number of nitrogens with one attached hydrogen (secondary N) is 1. The average molecular weight is 230 g/mol. The molecule has 6 nitrogen and oxygen atoms in total. The summed E-state index contributed by atoms with van der Waals surface area (Å²) in [7, 11) is -3.90. The topological polar surface area (TPSA) is 109 Å². The number of hydrogen-bond donors (Lipinski definition) is 3. The van der Waals surface area contributed by atoms with E-state index >= 15 is 0 Å². The molecule has 82 valence electrons. The Bertz CT molecular complexity index is 452. The molecule has 0 atom stereocenters. The Kier molecular flexibility index (Phi) is 3.28. The molecule has 4 N–H and O–H groups in total. The van der Waals surface area contributed by atoms with Gasteiger partial charge < -0.3 is 10.8 Å². The van der Waals surface area contributed by atoms with Gasteiger partial charge in [0.2, 0.25) is 0 Å². The molecule has 1 aromatic carbocycles. The maximum Gasteiger partial charge on any atom is 0.264 e. The predicted octanol–water partition coefficient (Wildman–Crippen LogP) is -0.934. The highest BCUT2D eigenvalue weighted by Gasteiger charge is 2.16. The van der Waals surface area contributed by atoms with Gasteiger partial charge in [-0.2, -0.15) is 0 Å². The van der Waals surface area contributed by atoms with Gasteiger partial charge in [-0.3, -0.25) is 4.79 Å². The van der Waals surface area contributed by atoms with E-state index in [1.54, 1.807) is 4.72 Å². The number of nitrogen functional groups attached to an aromatic ring is 1. The lowest BCUT2D eigenvalue weighted by Crippen LogP contribution is -2.32. The lowest BCUT2D eigenvalue weighted by atomic mass is 10.3. The van der Waals surface area contributed by atoms with Crippen molar-refractivity contribution in [2.75, 3.05) is 12.3 Å². The minimum Gasteiger partial charge on any atom is -0.399 e. The Morgan fingerprint density at radius 3 is 2.33 bits per heavy atom. The number of aliphatic hydroxyl groups excluding tert-OH is 1.